The number of methoxy groups -OCH3 is 1. The minimum Gasteiger partial charge on any atom is -0.493 e. The smallest absolute Gasteiger partial charge is 0.416 e. The lowest BCUT2D eigenvalue weighted by Gasteiger charge is -2.32. The van der Waals surface area contributed by atoms with Crippen molar-refractivity contribution in [2.24, 2.45) is 5.41 Å². The van der Waals surface area contributed by atoms with Gasteiger partial charge in [-0.1, -0.05) is 32.9 Å². The summed E-state index contributed by atoms with van der Waals surface area (Å²) >= 11 is 0. The molecule has 2 rings (SSSR count). The Morgan fingerprint density at radius 3 is 2.40 bits per heavy atom. The molecule has 2 aromatic carbocycles. The second-order valence-electron chi connectivity index (χ2n) is 7.76. The Morgan fingerprint density at radius 1 is 1.13 bits per heavy atom. The Kier molecular flexibility index (Phi) is 6.98. The van der Waals surface area contributed by atoms with Crippen molar-refractivity contribution >= 4 is 5.91 Å². The van der Waals surface area contributed by atoms with E-state index in [1.807, 2.05) is 26.8 Å². The van der Waals surface area contributed by atoms with E-state index in [0.29, 0.717) is 16.9 Å². The number of alkyl halides is 3. The van der Waals surface area contributed by atoms with Crippen LogP contribution in [0.25, 0.3) is 0 Å². The van der Waals surface area contributed by atoms with Crippen LogP contribution >= 0.6 is 0 Å². The van der Waals surface area contributed by atoms with E-state index in [9.17, 15) is 18.0 Å². The first-order valence-electron chi connectivity index (χ1n) is 9.13. The average Bonchev–Trinajstić information content (AvgIpc) is 2.68. The molecule has 1 amide bonds. The minimum absolute atomic E-state index is 0.276. The number of hydrogen-bond donors (Lipinski definition) is 1. The Hall–Kier alpha value is -3.21. The van der Waals surface area contributed by atoms with Crippen molar-refractivity contribution in [3.63, 3.8) is 0 Å². The fourth-order valence-corrected chi connectivity index (χ4v) is 2.90. The highest BCUT2D eigenvalue weighted by molar-refractivity contribution is 5.78. The zero-order valence-corrected chi connectivity index (χ0v) is 17.1. The molecule has 8 heteroatoms. The van der Waals surface area contributed by atoms with Gasteiger partial charge < -0.3 is 14.8 Å². The fraction of sp³-hybridized carbons (Fsp3) is 0.364. The second kappa shape index (κ2) is 9.08. The van der Waals surface area contributed by atoms with E-state index in [1.54, 1.807) is 6.07 Å². The van der Waals surface area contributed by atoms with Gasteiger partial charge in [0.05, 0.1) is 30.3 Å². The molecule has 0 aromatic heterocycles. The third-order valence-corrected chi connectivity index (χ3v) is 4.37. The van der Waals surface area contributed by atoms with E-state index >= 15 is 0 Å². The third-order valence-electron chi connectivity index (χ3n) is 4.37. The quantitative estimate of drug-likeness (QED) is 0.724. The van der Waals surface area contributed by atoms with Gasteiger partial charge in [-0.3, -0.25) is 4.79 Å². The molecule has 0 bridgehead atoms. The molecule has 1 N–H and O–H groups in total. The predicted octanol–water partition coefficient (Wildman–Crippen LogP) is 4.87. The van der Waals surface area contributed by atoms with Gasteiger partial charge in [0, 0.05) is 6.07 Å². The summed E-state index contributed by atoms with van der Waals surface area (Å²) in [4.78, 5) is 12.5. The van der Waals surface area contributed by atoms with Crippen LogP contribution in [0.3, 0.4) is 0 Å². The molecular weight excluding hydrogens is 397 g/mol. The normalized spacial score (nSPS) is 12.6. The molecule has 0 aliphatic rings. The van der Waals surface area contributed by atoms with Crippen molar-refractivity contribution in [1.29, 1.82) is 5.26 Å². The lowest BCUT2D eigenvalue weighted by atomic mass is 9.82. The molecule has 1 unspecified atom stereocenters. The molecule has 0 fully saturated rings. The number of halogens is 3. The molecular formula is C22H23F3N2O3. The van der Waals surface area contributed by atoms with Crippen molar-refractivity contribution in [2.75, 3.05) is 13.7 Å². The molecule has 1 atom stereocenters. The highest BCUT2D eigenvalue weighted by Gasteiger charge is 2.33. The van der Waals surface area contributed by atoms with Crippen molar-refractivity contribution < 1.29 is 27.4 Å². The molecule has 0 aliphatic heterocycles. The van der Waals surface area contributed by atoms with Gasteiger partial charge >= 0.3 is 6.18 Å². The number of nitriles is 1. The molecule has 0 aliphatic carbocycles. The number of carbonyl (C=O) groups excluding carboxylic acids is 1. The Morgan fingerprint density at radius 2 is 1.83 bits per heavy atom. The van der Waals surface area contributed by atoms with E-state index in [2.05, 4.69) is 5.32 Å². The fourth-order valence-electron chi connectivity index (χ4n) is 2.90. The van der Waals surface area contributed by atoms with Crippen LogP contribution in [0.5, 0.6) is 11.5 Å². The van der Waals surface area contributed by atoms with Crippen LogP contribution in [0.1, 0.15) is 43.5 Å². The number of benzene rings is 2. The van der Waals surface area contributed by atoms with Gasteiger partial charge in [0.1, 0.15) is 0 Å². The van der Waals surface area contributed by atoms with Crippen molar-refractivity contribution in [3.05, 3.63) is 59.2 Å². The van der Waals surface area contributed by atoms with Crippen LogP contribution in [0.15, 0.2) is 42.5 Å². The first-order valence-corrected chi connectivity index (χ1v) is 9.13. The van der Waals surface area contributed by atoms with Crippen LogP contribution in [-0.4, -0.2) is 19.6 Å². The summed E-state index contributed by atoms with van der Waals surface area (Å²) < 4.78 is 49.9. The number of amides is 1. The first-order chi connectivity index (χ1) is 14.0. The van der Waals surface area contributed by atoms with Crippen LogP contribution in [0.4, 0.5) is 13.2 Å². The highest BCUT2D eigenvalue weighted by atomic mass is 19.4. The van der Waals surface area contributed by atoms with E-state index in [-0.39, 0.29) is 12.4 Å². The zero-order valence-electron chi connectivity index (χ0n) is 17.1. The second-order valence-corrected chi connectivity index (χ2v) is 7.76. The summed E-state index contributed by atoms with van der Waals surface area (Å²) in [5.74, 6) is 0.0730. The predicted molar refractivity (Wildman–Crippen MR) is 105 cm³/mol. The number of hydrogen-bond acceptors (Lipinski definition) is 4. The topological polar surface area (TPSA) is 71.3 Å². The largest absolute Gasteiger partial charge is 0.493 e. The molecule has 0 saturated heterocycles. The zero-order chi connectivity index (χ0) is 22.5. The maximum absolute atomic E-state index is 13.1. The van der Waals surface area contributed by atoms with E-state index < -0.39 is 29.1 Å². The van der Waals surface area contributed by atoms with Gasteiger partial charge in [0.2, 0.25) is 0 Å². The van der Waals surface area contributed by atoms with Gasteiger partial charge in [-0.2, -0.15) is 18.4 Å². The van der Waals surface area contributed by atoms with Gasteiger partial charge in [0.25, 0.3) is 5.91 Å². The summed E-state index contributed by atoms with van der Waals surface area (Å²) in [5, 5.41) is 11.7. The maximum Gasteiger partial charge on any atom is 0.416 e. The highest BCUT2D eigenvalue weighted by Crippen LogP contribution is 2.36. The molecule has 2 aromatic rings. The Labute approximate surface area is 173 Å². The Bertz CT molecular complexity index is 944. The average molecular weight is 420 g/mol. The number of nitrogens with one attached hydrogen (secondary N) is 1. The molecule has 30 heavy (non-hydrogen) atoms. The van der Waals surface area contributed by atoms with Gasteiger partial charge in [0.15, 0.2) is 18.1 Å². The lowest BCUT2D eigenvalue weighted by molar-refractivity contribution is -0.137. The molecule has 0 heterocycles. The van der Waals surface area contributed by atoms with Crippen LogP contribution < -0.4 is 14.8 Å². The molecule has 0 spiro atoms. The van der Waals surface area contributed by atoms with Crippen molar-refractivity contribution in [1.82, 2.24) is 5.32 Å². The number of rotatable bonds is 6. The molecule has 5 nitrogen and oxygen atoms in total. The SMILES string of the molecule is COc1cc(C#N)ccc1OCC(=O)NC(c1cccc(C(F)(F)F)c1)C(C)(C)C. The standard InChI is InChI=1S/C22H23F3N2O3/c1-21(2,3)20(15-6-5-7-16(11-15)22(23,24)25)27-19(28)13-30-17-9-8-14(12-26)10-18(17)29-4/h5-11,20H,13H2,1-4H3,(H,27,28). The van der Waals surface area contributed by atoms with E-state index in [1.165, 1.54) is 31.4 Å². The summed E-state index contributed by atoms with van der Waals surface area (Å²) in [6.45, 7) is 5.10. The number of carbonyl (C=O) groups is 1. The lowest BCUT2D eigenvalue weighted by Crippen LogP contribution is -2.39. The number of nitrogens with zero attached hydrogens (tertiary/aromatic N) is 1. The van der Waals surface area contributed by atoms with Crippen molar-refractivity contribution in [3.8, 4) is 17.6 Å². The van der Waals surface area contributed by atoms with E-state index in [4.69, 9.17) is 14.7 Å². The minimum atomic E-state index is -4.47. The van der Waals surface area contributed by atoms with Gasteiger partial charge in [-0.15, -0.1) is 0 Å². The van der Waals surface area contributed by atoms with Crippen LogP contribution in [-0.2, 0) is 11.0 Å². The maximum atomic E-state index is 13.1. The monoisotopic (exact) mass is 420 g/mol. The third kappa shape index (κ3) is 5.89. The number of ether oxygens (including phenoxy) is 2. The Balaban J connectivity index is 2.17. The van der Waals surface area contributed by atoms with Gasteiger partial charge in [-0.25, -0.2) is 0 Å². The van der Waals surface area contributed by atoms with Gasteiger partial charge in [-0.05, 0) is 35.2 Å². The summed E-state index contributed by atoms with van der Waals surface area (Å²) in [6, 6.07) is 10.7. The summed E-state index contributed by atoms with van der Waals surface area (Å²) in [7, 11) is 1.41. The van der Waals surface area contributed by atoms with E-state index in [0.717, 1.165) is 12.1 Å². The molecule has 0 radical (unpaired) electrons. The molecule has 0 saturated carbocycles. The van der Waals surface area contributed by atoms with Crippen LogP contribution in [0, 0.1) is 16.7 Å². The van der Waals surface area contributed by atoms with Crippen molar-refractivity contribution in [2.45, 2.75) is 33.0 Å². The summed E-state index contributed by atoms with van der Waals surface area (Å²) in [5.41, 5.74) is -0.601. The summed E-state index contributed by atoms with van der Waals surface area (Å²) in [6.07, 6.45) is -4.47. The first kappa shape index (κ1) is 23.1. The van der Waals surface area contributed by atoms with Crippen LogP contribution in [0.2, 0.25) is 0 Å². The molecule has 160 valence electrons.